The second kappa shape index (κ2) is 6.03. The molecule has 0 aliphatic heterocycles. The first-order chi connectivity index (χ1) is 9.74. The first-order valence-corrected chi connectivity index (χ1v) is 6.61. The number of alkyl halides is 3. The predicted octanol–water partition coefficient (Wildman–Crippen LogP) is 4.53. The van der Waals surface area contributed by atoms with E-state index < -0.39 is 18.2 Å². The number of benzene rings is 2. The molecule has 0 fully saturated rings. The van der Waals surface area contributed by atoms with Crippen LogP contribution >= 0.6 is 15.9 Å². The number of halogens is 5. The lowest BCUT2D eigenvalue weighted by molar-refractivity contribution is -0.274. The van der Waals surface area contributed by atoms with Crippen LogP contribution in [0, 0.1) is 5.82 Å². The first-order valence-electron chi connectivity index (χ1n) is 5.82. The summed E-state index contributed by atoms with van der Waals surface area (Å²) in [6.07, 6.45) is -4.77. The van der Waals surface area contributed by atoms with Crippen molar-refractivity contribution >= 4 is 15.9 Å². The number of ether oxygens (including phenoxy) is 1. The number of rotatable bonds is 3. The third-order valence-electron chi connectivity index (χ3n) is 2.69. The zero-order valence-electron chi connectivity index (χ0n) is 10.5. The summed E-state index contributed by atoms with van der Waals surface area (Å²) in [4.78, 5) is 0. The van der Waals surface area contributed by atoms with Gasteiger partial charge in [0, 0.05) is 4.47 Å². The summed E-state index contributed by atoms with van der Waals surface area (Å²) in [6.45, 7) is 0. The maximum atomic E-state index is 13.3. The molecule has 0 spiro atoms. The Hall–Kier alpha value is -1.60. The normalized spacial score (nSPS) is 13.0. The first kappa shape index (κ1) is 15.8. The highest BCUT2D eigenvalue weighted by atomic mass is 79.9. The molecule has 2 nitrogen and oxygen atoms in total. The molecular weight excluding hydrogens is 354 g/mol. The lowest BCUT2D eigenvalue weighted by atomic mass is 9.99. The highest BCUT2D eigenvalue weighted by molar-refractivity contribution is 9.10. The van der Waals surface area contributed by atoms with Gasteiger partial charge in [-0.2, -0.15) is 0 Å². The van der Waals surface area contributed by atoms with Crippen molar-refractivity contribution in [2.75, 3.05) is 0 Å². The summed E-state index contributed by atoms with van der Waals surface area (Å²) >= 11 is 3.14. The summed E-state index contributed by atoms with van der Waals surface area (Å²) in [6, 6.07) is 8.62. The molecule has 0 aliphatic rings. The number of hydrogen-bond acceptors (Lipinski definition) is 2. The van der Waals surface area contributed by atoms with Gasteiger partial charge in [0.1, 0.15) is 11.6 Å². The van der Waals surface area contributed by atoms with Crippen molar-refractivity contribution in [3.63, 3.8) is 0 Å². The van der Waals surface area contributed by atoms with Gasteiger partial charge >= 0.3 is 6.36 Å². The average Bonchev–Trinajstić information content (AvgIpc) is 2.35. The molecule has 0 saturated carbocycles. The fourth-order valence-corrected chi connectivity index (χ4v) is 2.34. The Labute approximate surface area is 126 Å². The third-order valence-corrected chi connectivity index (χ3v) is 3.15. The molecule has 0 heterocycles. The van der Waals surface area contributed by atoms with Crippen molar-refractivity contribution in [3.05, 3.63) is 63.9 Å². The summed E-state index contributed by atoms with van der Waals surface area (Å²) in [7, 11) is 0. The van der Waals surface area contributed by atoms with E-state index in [2.05, 4.69) is 20.7 Å². The van der Waals surface area contributed by atoms with E-state index in [1.54, 1.807) is 12.1 Å². The maximum absolute atomic E-state index is 13.3. The van der Waals surface area contributed by atoms with E-state index in [4.69, 9.17) is 5.73 Å². The predicted molar refractivity (Wildman–Crippen MR) is 73.3 cm³/mol. The largest absolute Gasteiger partial charge is 0.573 e. The third kappa shape index (κ3) is 4.44. The quantitative estimate of drug-likeness (QED) is 0.812. The average molecular weight is 364 g/mol. The fourth-order valence-electron chi connectivity index (χ4n) is 1.85. The van der Waals surface area contributed by atoms with Gasteiger partial charge in [-0.15, -0.1) is 13.2 Å². The second-order valence-corrected chi connectivity index (χ2v) is 5.22. The Bertz CT molecular complexity index is 625. The van der Waals surface area contributed by atoms with Crippen LogP contribution in [-0.4, -0.2) is 6.36 Å². The van der Waals surface area contributed by atoms with Gasteiger partial charge in [-0.25, -0.2) is 4.39 Å². The van der Waals surface area contributed by atoms with Gasteiger partial charge in [-0.3, -0.25) is 0 Å². The topological polar surface area (TPSA) is 35.2 Å². The van der Waals surface area contributed by atoms with Crippen LogP contribution in [0.3, 0.4) is 0 Å². The van der Waals surface area contributed by atoms with E-state index in [0.717, 1.165) is 0 Å². The molecule has 1 atom stereocenters. The van der Waals surface area contributed by atoms with E-state index in [-0.39, 0.29) is 5.75 Å². The Balaban J connectivity index is 2.30. The molecule has 0 saturated heterocycles. The molecule has 2 aromatic rings. The monoisotopic (exact) mass is 363 g/mol. The second-order valence-electron chi connectivity index (χ2n) is 4.30. The molecule has 0 amide bonds. The molecular formula is C14H10BrF4NO. The molecule has 2 N–H and O–H groups in total. The minimum Gasteiger partial charge on any atom is -0.406 e. The van der Waals surface area contributed by atoms with Gasteiger partial charge in [0.05, 0.1) is 6.04 Å². The Morgan fingerprint density at radius 1 is 1.05 bits per heavy atom. The van der Waals surface area contributed by atoms with E-state index in [1.807, 2.05) is 0 Å². The van der Waals surface area contributed by atoms with Crippen LogP contribution in [0.5, 0.6) is 5.75 Å². The van der Waals surface area contributed by atoms with Crippen LogP contribution in [0.1, 0.15) is 17.2 Å². The van der Waals surface area contributed by atoms with Gasteiger partial charge < -0.3 is 10.5 Å². The molecule has 1 unspecified atom stereocenters. The van der Waals surface area contributed by atoms with Gasteiger partial charge in [0.15, 0.2) is 0 Å². The smallest absolute Gasteiger partial charge is 0.406 e. The van der Waals surface area contributed by atoms with Gasteiger partial charge in [0.2, 0.25) is 0 Å². The minimum atomic E-state index is -4.77. The van der Waals surface area contributed by atoms with Gasteiger partial charge in [0.25, 0.3) is 0 Å². The molecule has 2 rings (SSSR count). The Morgan fingerprint density at radius 2 is 1.76 bits per heavy atom. The molecule has 7 heteroatoms. The van der Waals surface area contributed by atoms with Crippen molar-refractivity contribution in [3.8, 4) is 5.75 Å². The van der Waals surface area contributed by atoms with E-state index in [0.29, 0.717) is 15.6 Å². The minimum absolute atomic E-state index is 0.370. The lowest BCUT2D eigenvalue weighted by Crippen LogP contribution is -2.18. The van der Waals surface area contributed by atoms with Crippen molar-refractivity contribution in [2.24, 2.45) is 5.73 Å². The summed E-state index contributed by atoms with van der Waals surface area (Å²) in [5.74, 6) is -0.858. The SMILES string of the molecule is NC(c1cc(F)cc(Br)c1)c1cccc(OC(F)(F)F)c1. The number of nitrogens with two attached hydrogens (primary N) is 1. The van der Waals surface area contributed by atoms with Crippen LogP contribution in [-0.2, 0) is 0 Å². The fraction of sp³-hybridized carbons (Fsp3) is 0.143. The molecule has 0 aliphatic carbocycles. The molecule has 21 heavy (non-hydrogen) atoms. The highest BCUT2D eigenvalue weighted by Gasteiger charge is 2.31. The highest BCUT2D eigenvalue weighted by Crippen LogP contribution is 2.28. The van der Waals surface area contributed by atoms with Crippen molar-refractivity contribution in [2.45, 2.75) is 12.4 Å². The van der Waals surface area contributed by atoms with Crippen molar-refractivity contribution < 1.29 is 22.3 Å². The molecule has 112 valence electrons. The van der Waals surface area contributed by atoms with Crippen LogP contribution in [0.25, 0.3) is 0 Å². The van der Waals surface area contributed by atoms with Crippen molar-refractivity contribution in [1.82, 2.24) is 0 Å². The van der Waals surface area contributed by atoms with Crippen LogP contribution < -0.4 is 10.5 Å². The summed E-state index contributed by atoms with van der Waals surface area (Å²) in [5.41, 5.74) is 6.78. The number of hydrogen-bond donors (Lipinski definition) is 1. The van der Waals surface area contributed by atoms with Gasteiger partial charge in [-0.1, -0.05) is 28.1 Å². The molecule has 0 aromatic heterocycles. The molecule has 0 bridgehead atoms. The molecule has 0 radical (unpaired) electrons. The standard InChI is InChI=1S/C14H10BrF4NO/c15-10-4-9(5-11(16)7-10)13(20)8-2-1-3-12(6-8)21-14(17,18)19/h1-7,13H,20H2. The lowest BCUT2D eigenvalue weighted by Gasteiger charge is -2.15. The van der Waals surface area contributed by atoms with Crippen LogP contribution in [0.15, 0.2) is 46.9 Å². The van der Waals surface area contributed by atoms with Crippen molar-refractivity contribution in [1.29, 1.82) is 0 Å². The van der Waals surface area contributed by atoms with E-state index >= 15 is 0 Å². The Morgan fingerprint density at radius 3 is 2.38 bits per heavy atom. The zero-order valence-corrected chi connectivity index (χ0v) is 12.1. The maximum Gasteiger partial charge on any atom is 0.573 e. The Kier molecular flexibility index (Phi) is 4.53. The molecule has 2 aromatic carbocycles. The zero-order chi connectivity index (χ0) is 15.6. The summed E-state index contributed by atoms with van der Waals surface area (Å²) < 4.78 is 54.3. The summed E-state index contributed by atoms with van der Waals surface area (Å²) in [5, 5.41) is 0. The van der Waals surface area contributed by atoms with E-state index in [1.165, 1.54) is 30.3 Å². The van der Waals surface area contributed by atoms with Gasteiger partial charge in [-0.05, 0) is 41.5 Å². The van der Waals surface area contributed by atoms with Crippen LogP contribution in [0.2, 0.25) is 0 Å². The van der Waals surface area contributed by atoms with Crippen LogP contribution in [0.4, 0.5) is 17.6 Å². The van der Waals surface area contributed by atoms with E-state index in [9.17, 15) is 17.6 Å².